The number of aromatic amines is 1. The lowest BCUT2D eigenvalue weighted by atomic mass is 10.1. The number of carbonyl (C=O) groups excluding carboxylic acids is 1. The second-order valence-electron chi connectivity index (χ2n) is 7.59. The van der Waals surface area contributed by atoms with Crippen LogP contribution in [0.2, 0.25) is 0 Å². The molecular formula is C21H22N4O5S. The first-order valence-electron chi connectivity index (χ1n) is 9.95. The molecule has 0 saturated carbocycles. The molecule has 0 aliphatic carbocycles. The quantitative estimate of drug-likeness (QED) is 0.459. The van der Waals surface area contributed by atoms with Crippen LogP contribution in [0.4, 0.5) is 11.4 Å². The van der Waals surface area contributed by atoms with E-state index in [1.54, 1.807) is 25.1 Å². The number of amides is 1. The molecule has 1 aliphatic heterocycles. The molecule has 0 atom stereocenters. The number of H-pyrrole nitrogens is 1. The number of aryl methyl sites for hydroxylation is 1. The van der Waals surface area contributed by atoms with E-state index in [-0.39, 0.29) is 16.1 Å². The Morgan fingerprint density at radius 1 is 1.13 bits per heavy atom. The first-order chi connectivity index (χ1) is 14.8. The summed E-state index contributed by atoms with van der Waals surface area (Å²) in [6, 6.07) is 9.00. The van der Waals surface area contributed by atoms with Crippen LogP contribution in [0, 0.1) is 17.0 Å². The number of nitro groups is 1. The summed E-state index contributed by atoms with van der Waals surface area (Å²) in [6.45, 7) is 2.71. The molecule has 1 saturated heterocycles. The molecule has 0 radical (unpaired) electrons. The molecule has 9 nitrogen and oxygen atoms in total. The Kier molecular flexibility index (Phi) is 5.50. The molecule has 1 amide bonds. The Labute approximate surface area is 179 Å². The average Bonchev–Trinajstić information content (AvgIpc) is 3.19. The number of sulfonamides is 1. The number of benzene rings is 2. The molecule has 31 heavy (non-hydrogen) atoms. The molecule has 4 rings (SSSR count). The lowest BCUT2D eigenvalue weighted by Crippen LogP contribution is -2.36. The maximum Gasteiger partial charge on any atom is 0.270 e. The van der Waals surface area contributed by atoms with E-state index in [9.17, 15) is 23.3 Å². The van der Waals surface area contributed by atoms with Gasteiger partial charge in [-0.15, -0.1) is 0 Å². The molecule has 0 spiro atoms. The SMILES string of the molecule is Cc1ccc(NC(=O)c2c[nH]c3ccc([N+](=O)[O-])cc23)cc1S(=O)(=O)N1CCCCC1. The third-order valence-electron chi connectivity index (χ3n) is 5.50. The summed E-state index contributed by atoms with van der Waals surface area (Å²) in [5, 5.41) is 14.2. The number of nitrogens with one attached hydrogen (secondary N) is 2. The summed E-state index contributed by atoms with van der Waals surface area (Å²) >= 11 is 0. The monoisotopic (exact) mass is 442 g/mol. The molecule has 10 heteroatoms. The first kappa shape index (κ1) is 21.0. The van der Waals surface area contributed by atoms with Crippen molar-refractivity contribution >= 4 is 38.2 Å². The van der Waals surface area contributed by atoms with Crippen molar-refractivity contribution < 1.29 is 18.1 Å². The van der Waals surface area contributed by atoms with Crippen LogP contribution < -0.4 is 5.32 Å². The van der Waals surface area contributed by atoms with Gasteiger partial charge >= 0.3 is 0 Å². The van der Waals surface area contributed by atoms with E-state index in [0.29, 0.717) is 35.2 Å². The molecule has 0 bridgehead atoms. The van der Waals surface area contributed by atoms with Crippen LogP contribution in [0.15, 0.2) is 47.5 Å². The summed E-state index contributed by atoms with van der Waals surface area (Å²) in [7, 11) is -3.65. The van der Waals surface area contributed by atoms with Gasteiger partial charge in [-0.2, -0.15) is 4.31 Å². The van der Waals surface area contributed by atoms with Gasteiger partial charge in [0.1, 0.15) is 0 Å². The average molecular weight is 442 g/mol. The molecule has 1 aliphatic rings. The normalized spacial score (nSPS) is 15.1. The summed E-state index contributed by atoms with van der Waals surface area (Å²) in [5.74, 6) is -0.489. The van der Waals surface area contributed by atoms with Gasteiger partial charge in [0.15, 0.2) is 0 Å². The molecule has 3 aromatic rings. The van der Waals surface area contributed by atoms with Gasteiger partial charge in [0.25, 0.3) is 11.6 Å². The number of non-ortho nitro benzene ring substituents is 1. The van der Waals surface area contributed by atoms with Crippen molar-refractivity contribution in [2.75, 3.05) is 18.4 Å². The van der Waals surface area contributed by atoms with Gasteiger partial charge in [0.2, 0.25) is 10.0 Å². The number of aromatic nitrogens is 1. The second kappa shape index (κ2) is 8.12. The van der Waals surface area contributed by atoms with Crippen molar-refractivity contribution in [1.82, 2.24) is 9.29 Å². The van der Waals surface area contributed by atoms with Gasteiger partial charge in [-0.05, 0) is 43.5 Å². The third kappa shape index (κ3) is 4.04. The first-order valence-corrected chi connectivity index (χ1v) is 11.4. The highest BCUT2D eigenvalue weighted by atomic mass is 32.2. The van der Waals surface area contributed by atoms with E-state index < -0.39 is 20.9 Å². The smallest absolute Gasteiger partial charge is 0.270 e. The summed E-state index contributed by atoms with van der Waals surface area (Å²) in [5.41, 5.74) is 1.65. The fraction of sp³-hybridized carbons (Fsp3) is 0.286. The van der Waals surface area contributed by atoms with E-state index in [4.69, 9.17) is 0 Å². The summed E-state index contributed by atoms with van der Waals surface area (Å²) in [6.07, 6.45) is 4.16. The molecule has 2 heterocycles. The Morgan fingerprint density at radius 3 is 2.58 bits per heavy atom. The minimum absolute atomic E-state index is 0.119. The largest absolute Gasteiger partial charge is 0.360 e. The zero-order valence-corrected chi connectivity index (χ0v) is 17.7. The molecule has 2 aromatic carbocycles. The number of piperidine rings is 1. The Morgan fingerprint density at radius 2 is 1.87 bits per heavy atom. The van der Waals surface area contributed by atoms with Gasteiger partial charge in [-0.3, -0.25) is 14.9 Å². The number of nitrogens with zero attached hydrogens (tertiary/aromatic N) is 2. The fourth-order valence-electron chi connectivity index (χ4n) is 3.81. The van der Waals surface area contributed by atoms with Crippen molar-refractivity contribution in [1.29, 1.82) is 0 Å². The lowest BCUT2D eigenvalue weighted by Gasteiger charge is -2.26. The van der Waals surface area contributed by atoms with Crippen LogP contribution in [-0.4, -0.2) is 41.6 Å². The van der Waals surface area contributed by atoms with Crippen molar-refractivity contribution in [2.24, 2.45) is 0 Å². The maximum atomic E-state index is 13.1. The predicted molar refractivity (Wildman–Crippen MR) is 117 cm³/mol. The minimum atomic E-state index is -3.65. The lowest BCUT2D eigenvalue weighted by molar-refractivity contribution is -0.384. The number of carbonyl (C=O) groups is 1. The number of nitro benzene ring substituents is 1. The van der Waals surface area contributed by atoms with E-state index in [0.717, 1.165) is 19.3 Å². The fourth-order valence-corrected chi connectivity index (χ4v) is 5.58. The van der Waals surface area contributed by atoms with Crippen LogP contribution in [0.25, 0.3) is 10.9 Å². The van der Waals surface area contributed by atoms with E-state index >= 15 is 0 Å². The number of fused-ring (bicyclic) bond motifs is 1. The molecular weight excluding hydrogens is 420 g/mol. The maximum absolute atomic E-state index is 13.1. The number of rotatable bonds is 5. The number of hydrogen-bond donors (Lipinski definition) is 2. The van der Waals surface area contributed by atoms with Crippen LogP contribution in [-0.2, 0) is 10.0 Å². The summed E-state index contributed by atoms with van der Waals surface area (Å²) in [4.78, 5) is 26.5. The standard InChI is InChI=1S/C21H22N4O5S/c1-14-5-6-15(11-20(14)31(29,30)24-9-3-2-4-10-24)23-21(26)18-13-22-19-8-7-16(25(27)28)12-17(18)19/h5-8,11-13,22H,2-4,9-10H2,1H3,(H,23,26). The van der Waals surface area contributed by atoms with Gasteiger partial charge in [0.05, 0.1) is 15.4 Å². The van der Waals surface area contributed by atoms with Crippen molar-refractivity contribution in [2.45, 2.75) is 31.1 Å². The molecule has 0 unspecified atom stereocenters. The molecule has 162 valence electrons. The topological polar surface area (TPSA) is 125 Å². The van der Waals surface area contributed by atoms with E-state index in [1.807, 2.05) is 0 Å². The Balaban J connectivity index is 1.64. The van der Waals surface area contributed by atoms with Crippen LogP contribution in [0.3, 0.4) is 0 Å². The third-order valence-corrected chi connectivity index (χ3v) is 7.54. The van der Waals surface area contributed by atoms with Crippen LogP contribution in [0.1, 0.15) is 35.2 Å². The zero-order chi connectivity index (χ0) is 22.2. The highest BCUT2D eigenvalue weighted by Crippen LogP contribution is 2.28. The van der Waals surface area contributed by atoms with Crippen molar-refractivity contribution in [3.63, 3.8) is 0 Å². The Bertz CT molecular complexity index is 1280. The van der Waals surface area contributed by atoms with Crippen molar-refractivity contribution in [3.05, 3.63) is 63.8 Å². The minimum Gasteiger partial charge on any atom is -0.360 e. The zero-order valence-electron chi connectivity index (χ0n) is 16.9. The van der Waals surface area contributed by atoms with Crippen LogP contribution >= 0.6 is 0 Å². The number of anilines is 1. The predicted octanol–water partition coefficient (Wildman–Crippen LogP) is 3.81. The highest BCUT2D eigenvalue weighted by Gasteiger charge is 2.28. The highest BCUT2D eigenvalue weighted by molar-refractivity contribution is 7.89. The van der Waals surface area contributed by atoms with E-state index in [2.05, 4.69) is 10.3 Å². The van der Waals surface area contributed by atoms with E-state index in [1.165, 1.54) is 28.7 Å². The van der Waals surface area contributed by atoms with Gasteiger partial charge in [-0.25, -0.2) is 8.42 Å². The molecule has 2 N–H and O–H groups in total. The van der Waals surface area contributed by atoms with Gasteiger partial charge < -0.3 is 10.3 Å². The van der Waals surface area contributed by atoms with Gasteiger partial charge in [-0.1, -0.05) is 12.5 Å². The molecule has 1 aromatic heterocycles. The van der Waals surface area contributed by atoms with Crippen LogP contribution in [0.5, 0.6) is 0 Å². The number of hydrogen-bond acceptors (Lipinski definition) is 5. The molecule has 1 fully saturated rings. The van der Waals surface area contributed by atoms with Gasteiger partial charge in [0, 0.05) is 48.0 Å². The Hall–Kier alpha value is -3.24. The van der Waals surface area contributed by atoms with Crippen molar-refractivity contribution in [3.8, 4) is 0 Å². The second-order valence-corrected chi connectivity index (χ2v) is 9.49. The summed E-state index contributed by atoms with van der Waals surface area (Å²) < 4.78 is 27.7.